The highest BCUT2D eigenvalue weighted by Crippen LogP contribution is 2.50. The van der Waals surface area contributed by atoms with Crippen molar-refractivity contribution in [1.29, 1.82) is 0 Å². The number of nitrogens with two attached hydrogens (primary N) is 1. The van der Waals surface area contributed by atoms with Crippen LogP contribution in [0.2, 0.25) is 0 Å². The molecule has 5 nitrogen and oxygen atoms in total. The predicted molar refractivity (Wildman–Crippen MR) is 70.7 cm³/mol. The Bertz CT molecular complexity index is 488. The largest absolute Gasteiger partial charge is 0.493 e. The van der Waals surface area contributed by atoms with Crippen molar-refractivity contribution in [2.24, 2.45) is 5.73 Å². The number of hydrogen-bond acceptors (Lipinski definition) is 4. The average Bonchev–Trinajstić information content (AvgIpc) is 3.10. The zero-order valence-electron chi connectivity index (χ0n) is 11.2. The molecule has 0 heterocycles. The summed E-state index contributed by atoms with van der Waals surface area (Å²) in [4.78, 5) is 11.0. The standard InChI is InChI=1S/C14H19NO4/c1-3-6-19-11-5-4-9(7-12(11)18-2)10-8-14(10,15)13(16)17/h4-5,7,10H,3,6,8,15H2,1-2H3,(H,16,17). The van der Waals surface area contributed by atoms with E-state index >= 15 is 0 Å². The average molecular weight is 265 g/mol. The van der Waals surface area contributed by atoms with E-state index in [1.54, 1.807) is 7.11 Å². The van der Waals surface area contributed by atoms with Crippen LogP contribution >= 0.6 is 0 Å². The lowest BCUT2D eigenvalue weighted by atomic mass is 10.1. The van der Waals surface area contributed by atoms with Crippen LogP contribution in [0.15, 0.2) is 18.2 Å². The number of rotatable bonds is 6. The van der Waals surface area contributed by atoms with E-state index in [2.05, 4.69) is 0 Å². The molecule has 2 unspecified atom stereocenters. The van der Waals surface area contributed by atoms with Crippen molar-refractivity contribution in [3.63, 3.8) is 0 Å². The quantitative estimate of drug-likeness (QED) is 0.819. The van der Waals surface area contributed by atoms with E-state index in [4.69, 9.17) is 20.3 Å². The molecule has 0 amide bonds. The minimum Gasteiger partial charge on any atom is -0.493 e. The van der Waals surface area contributed by atoms with Crippen LogP contribution in [0.4, 0.5) is 0 Å². The normalized spacial score (nSPS) is 24.9. The second-order valence-electron chi connectivity index (χ2n) is 4.86. The molecule has 0 spiro atoms. The molecule has 1 aromatic carbocycles. The van der Waals surface area contributed by atoms with Crippen molar-refractivity contribution in [1.82, 2.24) is 0 Å². The van der Waals surface area contributed by atoms with Gasteiger partial charge >= 0.3 is 5.97 Å². The second kappa shape index (κ2) is 5.09. The molecule has 1 aromatic rings. The zero-order valence-corrected chi connectivity index (χ0v) is 11.2. The highest BCUT2D eigenvalue weighted by atomic mass is 16.5. The lowest BCUT2D eigenvalue weighted by Gasteiger charge is -2.12. The van der Waals surface area contributed by atoms with Gasteiger partial charge in [0.1, 0.15) is 5.54 Å². The summed E-state index contributed by atoms with van der Waals surface area (Å²) in [5.41, 5.74) is 5.56. The fourth-order valence-electron chi connectivity index (χ4n) is 2.16. The second-order valence-corrected chi connectivity index (χ2v) is 4.86. The molecule has 0 aliphatic heterocycles. The van der Waals surface area contributed by atoms with Crippen LogP contribution in [-0.2, 0) is 4.79 Å². The summed E-state index contributed by atoms with van der Waals surface area (Å²) in [5.74, 6) is 0.180. The van der Waals surface area contributed by atoms with Crippen molar-refractivity contribution < 1.29 is 19.4 Å². The Kier molecular flexibility index (Phi) is 3.66. The van der Waals surface area contributed by atoms with Crippen molar-refractivity contribution in [3.05, 3.63) is 23.8 Å². The lowest BCUT2D eigenvalue weighted by molar-refractivity contribution is -0.139. The van der Waals surface area contributed by atoms with Crippen LogP contribution in [-0.4, -0.2) is 30.3 Å². The fraction of sp³-hybridized carbons (Fsp3) is 0.500. The molecule has 104 valence electrons. The fourth-order valence-corrected chi connectivity index (χ4v) is 2.16. The monoisotopic (exact) mass is 265 g/mol. The highest BCUT2D eigenvalue weighted by Gasteiger charge is 2.58. The maximum atomic E-state index is 11.0. The number of carboxylic acid groups (broad SMARTS) is 1. The van der Waals surface area contributed by atoms with Gasteiger partial charge in [-0.15, -0.1) is 0 Å². The summed E-state index contributed by atoms with van der Waals surface area (Å²) < 4.78 is 10.8. The first-order valence-corrected chi connectivity index (χ1v) is 6.36. The minimum atomic E-state index is -1.13. The van der Waals surface area contributed by atoms with Crippen LogP contribution in [0.25, 0.3) is 0 Å². The maximum Gasteiger partial charge on any atom is 0.324 e. The zero-order chi connectivity index (χ0) is 14.0. The van der Waals surface area contributed by atoms with Gasteiger partial charge in [0.05, 0.1) is 13.7 Å². The Hall–Kier alpha value is -1.75. The smallest absolute Gasteiger partial charge is 0.324 e. The topological polar surface area (TPSA) is 81.8 Å². The molecule has 1 fully saturated rings. The van der Waals surface area contributed by atoms with Crippen LogP contribution in [0.5, 0.6) is 11.5 Å². The molecule has 1 aliphatic rings. The van der Waals surface area contributed by atoms with Gasteiger partial charge in [-0.05, 0) is 30.5 Å². The van der Waals surface area contributed by atoms with E-state index in [1.165, 1.54) is 0 Å². The third-order valence-corrected chi connectivity index (χ3v) is 3.45. The number of hydrogen-bond donors (Lipinski definition) is 2. The van der Waals surface area contributed by atoms with Gasteiger partial charge < -0.3 is 20.3 Å². The number of aliphatic carboxylic acids is 1. The highest BCUT2D eigenvalue weighted by molar-refractivity contribution is 5.85. The van der Waals surface area contributed by atoms with Crippen molar-refractivity contribution >= 4 is 5.97 Å². The van der Waals surface area contributed by atoms with Gasteiger partial charge in [0, 0.05) is 5.92 Å². The van der Waals surface area contributed by atoms with Gasteiger partial charge in [-0.2, -0.15) is 0 Å². The van der Waals surface area contributed by atoms with E-state index < -0.39 is 11.5 Å². The Morgan fingerprint density at radius 1 is 1.53 bits per heavy atom. The van der Waals surface area contributed by atoms with Gasteiger partial charge in [0.15, 0.2) is 11.5 Å². The van der Waals surface area contributed by atoms with Gasteiger partial charge in [0.2, 0.25) is 0 Å². The lowest BCUT2D eigenvalue weighted by Crippen LogP contribution is -2.34. The molecular formula is C14H19NO4. The Labute approximate surface area is 112 Å². The van der Waals surface area contributed by atoms with Gasteiger partial charge in [-0.3, -0.25) is 4.79 Å². The molecule has 1 saturated carbocycles. The number of carboxylic acids is 1. The number of ether oxygens (including phenoxy) is 2. The summed E-state index contributed by atoms with van der Waals surface area (Å²) >= 11 is 0. The maximum absolute atomic E-state index is 11.0. The van der Waals surface area contributed by atoms with Crippen molar-refractivity contribution in [2.45, 2.75) is 31.2 Å². The Morgan fingerprint density at radius 3 is 2.79 bits per heavy atom. The van der Waals surface area contributed by atoms with Gasteiger partial charge in [-0.1, -0.05) is 13.0 Å². The third-order valence-electron chi connectivity index (χ3n) is 3.45. The summed E-state index contributed by atoms with van der Waals surface area (Å²) in [6.07, 6.45) is 1.37. The summed E-state index contributed by atoms with van der Waals surface area (Å²) in [5, 5.41) is 9.06. The van der Waals surface area contributed by atoms with E-state index in [9.17, 15) is 4.79 Å². The Morgan fingerprint density at radius 2 is 2.26 bits per heavy atom. The number of benzene rings is 1. The minimum absolute atomic E-state index is 0.154. The van der Waals surface area contributed by atoms with E-state index in [0.717, 1.165) is 12.0 Å². The van der Waals surface area contributed by atoms with E-state index in [-0.39, 0.29) is 5.92 Å². The van der Waals surface area contributed by atoms with Gasteiger partial charge in [0.25, 0.3) is 0 Å². The van der Waals surface area contributed by atoms with Crippen LogP contribution < -0.4 is 15.2 Å². The van der Waals surface area contributed by atoms with Crippen LogP contribution in [0.3, 0.4) is 0 Å². The molecule has 0 saturated heterocycles. The number of methoxy groups -OCH3 is 1. The SMILES string of the molecule is CCCOc1ccc(C2CC2(N)C(=O)O)cc1OC. The number of carbonyl (C=O) groups is 1. The van der Waals surface area contributed by atoms with E-state index in [1.807, 2.05) is 25.1 Å². The molecule has 0 aromatic heterocycles. The van der Waals surface area contributed by atoms with Crippen LogP contribution in [0.1, 0.15) is 31.2 Å². The van der Waals surface area contributed by atoms with Crippen LogP contribution in [0, 0.1) is 0 Å². The molecular weight excluding hydrogens is 246 g/mol. The first kappa shape index (κ1) is 13.7. The first-order chi connectivity index (χ1) is 9.02. The molecule has 3 N–H and O–H groups in total. The molecule has 19 heavy (non-hydrogen) atoms. The summed E-state index contributed by atoms with van der Waals surface area (Å²) in [6.45, 7) is 2.65. The molecule has 0 radical (unpaired) electrons. The molecule has 1 aliphatic carbocycles. The third kappa shape index (κ3) is 2.51. The van der Waals surface area contributed by atoms with Crippen molar-refractivity contribution in [2.75, 3.05) is 13.7 Å². The van der Waals surface area contributed by atoms with Gasteiger partial charge in [-0.25, -0.2) is 0 Å². The summed E-state index contributed by atoms with van der Waals surface area (Å²) in [7, 11) is 1.57. The Balaban J connectivity index is 2.19. The molecule has 2 rings (SSSR count). The molecule has 0 bridgehead atoms. The first-order valence-electron chi connectivity index (χ1n) is 6.36. The molecule has 5 heteroatoms. The molecule has 2 atom stereocenters. The predicted octanol–water partition coefficient (Wildman–Crippen LogP) is 1.75. The summed E-state index contributed by atoms with van der Waals surface area (Å²) in [6, 6.07) is 5.48. The van der Waals surface area contributed by atoms with Crippen molar-refractivity contribution in [3.8, 4) is 11.5 Å². The van der Waals surface area contributed by atoms with E-state index in [0.29, 0.717) is 24.5 Å².